The van der Waals surface area contributed by atoms with Gasteiger partial charge in [0.15, 0.2) is 0 Å². The van der Waals surface area contributed by atoms with Gasteiger partial charge in [-0.15, -0.1) is 0 Å². The van der Waals surface area contributed by atoms with Gasteiger partial charge in [-0.1, -0.05) is 36.2 Å². The molecule has 9 heteroatoms. The largest absolute Gasteiger partial charge is 0.366 e. The van der Waals surface area contributed by atoms with Crippen molar-refractivity contribution in [2.45, 2.75) is 25.8 Å². The van der Waals surface area contributed by atoms with E-state index in [1.807, 2.05) is 13.0 Å². The van der Waals surface area contributed by atoms with Crippen LogP contribution < -0.4 is 11.1 Å². The third-order valence-corrected chi connectivity index (χ3v) is 5.62. The molecule has 29 heavy (non-hydrogen) atoms. The third-order valence-electron chi connectivity index (χ3n) is 4.88. The molecule has 2 atom stereocenters. The van der Waals surface area contributed by atoms with Crippen LogP contribution in [0.5, 0.6) is 0 Å². The number of likely N-dealkylation sites (tertiary alicyclic amines) is 1. The van der Waals surface area contributed by atoms with Crippen LogP contribution in [0.2, 0.25) is 10.0 Å². The SMILES string of the molecule is C[C@@H]1CC[C@@H](c2ccc(Cl)c(Cl)c2)N(C(=O)C(=O)Nc2cncc(C(N)=O)c2)C1. The van der Waals surface area contributed by atoms with Crippen LogP contribution in [0, 0.1) is 5.92 Å². The third kappa shape index (κ3) is 4.86. The monoisotopic (exact) mass is 434 g/mol. The first-order chi connectivity index (χ1) is 13.8. The smallest absolute Gasteiger partial charge is 0.313 e. The Balaban J connectivity index is 1.81. The highest BCUT2D eigenvalue weighted by Crippen LogP contribution is 2.36. The summed E-state index contributed by atoms with van der Waals surface area (Å²) in [6.07, 6.45) is 4.25. The van der Waals surface area contributed by atoms with Crippen molar-refractivity contribution in [1.82, 2.24) is 9.88 Å². The second-order valence-corrected chi connectivity index (χ2v) is 7.92. The van der Waals surface area contributed by atoms with Crippen LogP contribution in [-0.4, -0.2) is 34.2 Å². The number of carbonyl (C=O) groups is 3. The number of pyridine rings is 1. The standard InChI is InChI=1S/C20H20Cl2N4O3/c1-11-2-5-17(12-3-4-15(21)16(22)7-12)26(10-11)20(29)19(28)25-14-6-13(18(23)27)8-24-9-14/h3-4,6-9,11,17H,2,5,10H2,1H3,(H2,23,27)(H,25,28)/t11-,17+/m1/s1. The summed E-state index contributed by atoms with van der Waals surface area (Å²) in [6, 6.07) is 6.31. The maximum absolute atomic E-state index is 12.9. The Morgan fingerprint density at radius 2 is 1.90 bits per heavy atom. The van der Waals surface area contributed by atoms with E-state index in [1.165, 1.54) is 18.5 Å². The van der Waals surface area contributed by atoms with E-state index in [0.29, 0.717) is 23.0 Å². The van der Waals surface area contributed by atoms with E-state index in [0.717, 1.165) is 12.0 Å². The number of nitrogens with zero attached hydrogens (tertiary/aromatic N) is 2. The van der Waals surface area contributed by atoms with Crippen LogP contribution in [0.4, 0.5) is 5.69 Å². The highest BCUT2D eigenvalue weighted by atomic mass is 35.5. The van der Waals surface area contributed by atoms with Gasteiger partial charge in [-0.2, -0.15) is 0 Å². The summed E-state index contributed by atoms with van der Waals surface area (Å²) in [6.45, 7) is 2.47. The fourth-order valence-electron chi connectivity index (χ4n) is 3.40. The molecule has 1 aromatic carbocycles. The lowest BCUT2D eigenvalue weighted by Crippen LogP contribution is -2.46. The van der Waals surface area contributed by atoms with Crippen LogP contribution in [0.3, 0.4) is 0 Å². The molecular formula is C20H20Cl2N4O3. The number of halogens is 2. The van der Waals surface area contributed by atoms with E-state index >= 15 is 0 Å². The molecule has 1 aliphatic rings. The van der Waals surface area contributed by atoms with Gasteiger partial charge in [0, 0.05) is 12.7 Å². The molecule has 0 radical (unpaired) electrons. The molecule has 3 rings (SSSR count). The minimum Gasteiger partial charge on any atom is -0.366 e. The summed E-state index contributed by atoms with van der Waals surface area (Å²) in [5.74, 6) is -1.90. The molecule has 0 spiro atoms. The lowest BCUT2D eigenvalue weighted by atomic mass is 9.90. The van der Waals surface area contributed by atoms with Crippen LogP contribution in [0.1, 0.15) is 41.7 Å². The zero-order valence-corrected chi connectivity index (χ0v) is 17.2. The first kappa shape index (κ1) is 21.1. The maximum atomic E-state index is 12.9. The van der Waals surface area contributed by atoms with Gasteiger partial charge in [0.05, 0.1) is 33.5 Å². The maximum Gasteiger partial charge on any atom is 0.313 e. The van der Waals surface area contributed by atoms with Gasteiger partial charge in [-0.3, -0.25) is 19.4 Å². The highest BCUT2D eigenvalue weighted by molar-refractivity contribution is 6.42. The van der Waals surface area contributed by atoms with Gasteiger partial charge < -0.3 is 16.0 Å². The van der Waals surface area contributed by atoms with Crippen molar-refractivity contribution in [1.29, 1.82) is 0 Å². The highest BCUT2D eigenvalue weighted by Gasteiger charge is 2.34. The zero-order chi connectivity index (χ0) is 21.1. The molecule has 1 aliphatic heterocycles. The molecule has 1 aromatic heterocycles. The Morgan fingerprint density at radius 3 is 2.59 bits per heavy atom. The van der Waals surface area contributed by atoms with Crippen molar-refractivity contribution in [3.8, 4) is 0 Å². The van der Waals surface area contributed by atoms with Crippen molar-refractivity contribution in [2.75, 3.05) is 11.9 Å². The fourth-order valence-corrected chi connectivity index (χ4v) is 3.71. The summed E-state index contributed by atoms with van der Waals surface area (Å²) in [4.78, 5) is 42.2. The number of amides is 3. The molecule has 1 saturated heterocycles. The minimum absolute atomic E-state index is 0.135. The van der Waals surface area contributed by atoms with Crippen molar-refractivity contribution in [2.24, 2.45) is 11.7 Å². The number of carbonyl (C=O) groups excluding carboxylic acids is 3. The minimum atomic E-state index is -0.812. The zero-order valence-electron chi connectivity index (χ0n) is 15.7. The van der Waals surface area contributed by atoms with Crippen LogP contribution in [0.15, 0.2) is 36.7 Å². The average molecular weight is 435 g/mol. The Bertz CT molecular complexity index is 966. The summed E-state index contributed by atoms with van der Waals surface area (Å²) in [5, 5.41) is 3.32. The molecular weight excluding hydrogens is 415 g/mol. The van der Waals surface area contributed by atoms with Gasteiger partial charge in [0.25, 0.3) is 0 Å². The van der Waals surface area contributed by atoms with Gasteiger partial charge in [0.2, 0.25) is 5.91 Å². The van der Waals surface area contributed by atoms with Gasteiger partial charge in [-0.05, 0) is 42.5 Å². The second-order valence-electron chi connectivity index (χ2n) is 7.11. The topological polar surface area (TPSA) is 105 Å². The van der Waals surface area contributed by atoms with Crippen molar-refractivity contribution < 1.29 is 14.4 Å². The Hall–Kier alpha value is -2.64. The van der Waals surface area contributed by atoms with E-state index in [-0.39, 0.29) is 23.2 Å². The number of benzene rings is 1. The quantitative estimate of drug-likeness (QED) is 0.721. The fraction of sp³-hybridized carbons (Fsp3) is 0.300. The lowest BCUT2D eigenvalue weighted by Gasteiger charge is -2.38. The number of anilines is 1. The van der Waals surface area contributed by atoms with Crippen molar-refractivity contribution >= 4 is 46.6 Å². The van der Waals surface area contributed by atoms with Gasteiger partial charge in [0.1, 0.15) is 0 Å². The molecule has 152 valence electrons. The molecule has 2 aromatic rings. The summed E-state index contributed by atoms with van der Waals surface area (Å²) >= 11 is 12.1. The number of piperidine rings is 1. The molecule has 3 amide bonds. The van der Waals surface area contributed by atoms with Crippen molar-refractivity contribution in [3.05, 3.63) is 57.8 Å². The first-order valence-electron chi connectivity index (χ1n) is 9.08. The number of hydrogen-bond acceptors (Lipinski definition) is 4. The van der Waals surface area contributed by atoms with E-state index < -0.39 is 17.7 Å². The second kappa shape index (κ2) is 8.80. The number of nitrogens with two attached hydrogens (primary N) is 1. The number of nitrogens with one attached hydrogen (secondary N) is 1. The van der Waals surface area contributed by atoms with Crippen molar-refractivity contribution in [3.63, 3.8) is 0 Å². The predicted molar refractivity (Wildman–Crippen MR) is 111 cm³/mol. The van der Waals surface area contributed by atoms with Crippen LogP contribution in [0.25, 0.3) is 0 Å². The summed E-state index contributed by atoms with van der Waals surface area (Å²) in [7, 11) is 0. The molecule has 0 unspecified atom stereocenters. The molecule has 0 saturated carbocycles. The Labute approximate surface area is 178 Å². The van der Waals surface area contributed by atoms with Gasteiger partial charge in [-0.25, -0.2) is 0 Å². The van der Waals surface area contributed by atoms with E-state index in [4.69, 9.17) is 28.9 Å². The predicted octanol–water partition coefficient (Wildman–Crippen LogP) is 3.43. The Kier molecular flexibility index (Phi) is 6.39. The van der Waals surface area contributed by atoms with E-state index in [9.17, 15) is 14.4 Å². The Morgan fingerprint density at radius 1 is 1.14 bits per heavy atom. The number of hydrogen-bond donors (Lipinski definition) is 2. The normalized spacial score (nSPS) is 18.9. The van der Waals surface area contributed by atoms with Crippen LogP contribution in [-0.2, 0) is 9.59 Å². The summed E-state index contributed by atoms with van der Waals surface area (Å²) in [5.41, 5.74) is 6.40. The first-order valence-corrected chi connectivity index (χ1v) is 9.83. The van der Waals surface area contributed by atoms with Crippen LogP contribution >= 0.6 is 23.2 Å². The van der Waals surface area contributed by atoms with E-state index in [2.05, 4.69) is 10.3 Å². The lowest BCUT2D eigenvalue weighted by molar-refractivity contribution is -0.146. The van der Waals surface area contributed by atoms with Gasteiger partial charge >= 0.3 is 11.8 Å². The molecule has 0 aliphatic carbocycles. The molecule has 0 bridgehead atoms. The molecule has 3 N–H and O–H groups in total. The number of primary amides is 1. The summed E-state index contributed by atoms with van der Waals surface area (Å²) < 4.78 is 0. The number of rotatable bonds is 3. The average Bonchev–Trinajstić information content (AvgIpc) is 2.69. The van der Waals surface area contributed by atoms with E-state index in [1.54, 1.807) is 17.0 Å². The number of aromatic nitrogens is 1. The molecule has 7 nitrogen and oxygen atoms in total. The molecule has 1 fully saturated rings. The molecule has 2 heterocycles.